The van der Waals surface area contributed by atoms with Crippen LogP contribution in [0.1, 0.15) is 19.8 Å². The van der Waals surface area contributed by atoms with E-state index in [4.69, 9.17) is 0 Å². The Kier molecular flexibility index (Phi) is 3.38. The van der Waals surface area contributed by atoms with E-state index in [9.17, 15) is 13.2 Å². The van der Waals surface area contributed by atoms with Gasteiger partial charge in [0.05, 0.1) is 6.26 Å². The summed E-state index contributed by atoms with van der Waals surface area (Å²) in [4.78, 5) is 0. The molecule has 0 N–H and O–H groups in total. The van der Waals surface area contributed by atoms with Crippen molar-refractivity contribution < 1.29 is 17.9 Å². The third kappa shape index (κ3) is 2.94. The second-order valence-electron chi connectivity index (χ2n) is 2.94. The molecule has 0 saturated heterocycles. The minimum absolute atomic E-state index is 0.618. The highest BCUT2D eigenvalue weighted by atomic mass is 19.4. The molecule has 0 fully saturated rings. The van der Waals surface area contributed by atoms with Crippen LogP contribution in [0.25, 0.3) is 0 Å². The lowest BCUT2D eigenvalue weighted by molar-refractivity contribution is -0.121. The van der Waals surface area contributed by atoms with Crippen LogP contribution < -0.4 is 0 Å². The first-order valence-corrected chi connectivity index (χ1v) is 4.35. The fourth-order valence-corrected chi connectivity index (χ4v) is 1.12. The molecule has 0 aromatic heterocycles. The van der Waals surface area contributed by atoms with E-state index in [0.29, 0.717) is 12.0 Å². The van der Waals surface area contributed by atoms with Crippen LogP contribution in [-0.2, 0) is 4.74 Å². The fraction of sp³-hybridized carbons (Fsp3) is 0.400. The molecule has 1 aliphatic rings. The molecule has 1 nitrogen and oxygen atoms in total. The number of alkyl halides is 3. The van der Waals surface area contributed by atoms with E-state index in [0.717, 1.165) is 18.8 Å². The molecule has 0 aromatic rings. The molecule has 0 aromatic carbocycles. The summed E-state index contributed by atoms with van der Waals surface area (Å²) in [6, 6.07) is 0. The van der Waals surface area contributed by atoms with Crippen LogP contribution in [0.3, 0.4) is 0 Å². The number of hydrogen-bond acceptors (Lipinski definition) is 1. The SMILES string of the molecule is CCCC1=CC=COC(C(F)(F)F)=C1. The average molecular weight is 204 g/mol. The number of halogens is 3. The van der Waals surface area contributed by atoms with E-state index in [1.165, 1.54) is 6.08 Å². The van der Waals surface area contributed by atoms with Gasteiger partial charge in [0.15, 0.2) is 0 Å². The lowest BCUT2D eigenvalue weighted by Crippen LogP contribution is -2.12. The Morgan fingerprint density at radius 2 is 2.07 bits per heavy atom. The highest BCUT2D eigenvalue weighted by Gasteiger charge is 2.36. The Morgan fingerprint density at radius 1 is 1.36 bits per heavy atom. The molecule has 0 unspecified atom stereocenters. The minimum Gasteiger partial charge on any atom is -0.460 e. The van der Waals surface area contributed by atoms with Crippen LogP contribution in [0.2, 0.25) is 0 Å². The van der Waals surface area contributed by atoms with Gasteiger partial charge in [-0.05, 0) is 24.1 Å². The maximum Gasteiger partial charge on any atom is 0.449 e. The second kappa shape index (κ2) is 4.35. The number of ether oxygens (including phenoxy) is 1. The molecular formula is C10H11F3O. The van der Waals surface area contributed by atoms with Gasteiger partial charge < -0.3 is 4.74 Å². The van der Waals surface area contributed by atoms with Gasteiger partial charge in [-0.2, -0.15) is 13.2 Å². The molecular weight excluding hydrogens is 193 g/mol. The zero-order valence-corrected chi connectivity index (χ0v) is 7.77. The van der Waals surface area contributed by atoms with E-state index in [1.807, 2.05) is 6.92 Å². The summed E-state index contributed by atoms with van der Waals surface area (Å²) in [6.07, 6.45) is 2.20. The summed E-state index contributed by atoms with van der Waals surface area (Å²) in [6.45, 7) is 1.91. The van der Waals surface area contributed by atoms with Crippen LogP contribution in [0, 0.1) is 0 Å². The van der Waals surface area contributed by atoms with Gasteiger partial charge in [0.25, 0.3) is 0 Å². The van der Waals surface area contributed by atoms with Crippen molar-refractivity contribution in [3.63, 3.8) is 0 Å². The first kappa shape index (κ1) is 10.9. The molecule has 78 valence electrons. The second-order valence-corrected chi connectivity index (χ2v) is 2.94. The smallest absolute Gasteiger partial charge is 0.449 e. The predicted molar refractivity (Wildman–Crippen MR) is 47.4 cm³/mol. The van der Waals surface area contributed by atoms with Crippen molar-refractivity contribution in [1.29, 1.82) is 0 Å². The van der Waals surface area contributed by atoms with Gasteiger partial charge in [-0.3, -0.25) is 0 Å². The Hall–Kier alpha value is -1.19. The van der Waals surface area contributed by atoms with Crippen molar-refractivity contribution in [3.05, 3.63) is 35.8 Å². The quantitative estimate of drug-likeness (QED) is 0.666. The van der Waals surface area contributed by atoms with Gasteiger partial charge in [0.2, 0.25) is 5.76 Å². The summed E-state index contributed by atoms with van der Waals surface area (Å²) >= 11 is 0. The van der Waals surface area contributed by atoms with E-state index >= 15 is 0 Å². The Labute approximate surface area is 80.6 Å². The highest BCUT2D eigenvalue weighted by molar-refractivity contribution is 5.29. The molecule has 0 spiro atoms. The molecule has 14 heavy (non-hydrogen) atoms. The molecule has 1 heterocycles. The first-order chi connectivity index (χ1) is 6.54. The Bertz CT molecular complexity index is 284. The molecule has 0 atom stereocenters. The molecule has 0 saturated carbocycles. The predicted octanol–water partition coefficient (Wildman–Crippen LogP) is 3.70. The standard InChI is InChI=1S/C10H11F3O/c1-2-4-8-5-3-6-14-9(7-8)10(11,12)13/h3,5-7H,2,4H2,1H3. The number of hydrogen-bond donors (Lipinski definition) is 0. The average Bonchev–Trinajstić information content (AvgIpc) is 2.29. The molecule has 0 amide bonds. The van der Waals surface area contributed by atoms with Crippen molar-refractivity contribution in [2.75, 3.05) is 0 Å². The van der Waals surface area contributed by atoms with Crippen molar-refractivity contribution in [3.8, 4) is 0 Å². The van der Waals surface area contributed by atoms with Gasteiger partial charge in [-0.1, -0.05) is 19.4 Å². The summed E-state index contributed by atoms with van der Waals surface area (Å²) in [5, 5.41) is 0. The molecule has 1 aliphatic heterocycles. The van der Waals surface area contributed by atoms with E-state index in [-0.39, 0.29) is 0 Å². The van der Waals surface area contributed by atoms with Gasteiger partial charge in [0, 0.05) is 0 Å². The zero-order chi connectivity index (χ0) is 10.6. The van der Waals surface area contributed by atoms with Gasteiger partial charge in [0.1, 0.15) is 0 Å². The molecule has 0 aliphatic carbocycles. The monoisotopic (exact) mass is 204 g/mol. The van der Waals surface area contributed by atoms with Crippen molar-refractivity contribution >= 4 is 0 Å². The summed E-state index contributed by atoms with van der Waals surface area (Å²) < 4.78 is 41.3. The van der Waals surface area contributed by atoms with Crippen LogP contribution in [0.15, 0.2) is 35.8 Å². The largest absolute Gasteiger partial charge is 0.460 e. The Morgan fingerprint density at radius 3 is 2.64 bits per heavy atom. The van der Waals surface area contributed by atoms with Crippen molar-refractivity contribution in [2.24, 2.45) is 0 Å². The van der Waals surface area contributed by atoms with Crippen LogP contribution in [0.5, 0.6) is 0 Å². The lowest BCUT2D eigenvalue weighted by atomic mass is 10.1. The molecule has 4 heteroatoms. The Balaban J connectivity index is 2.87. The summed E-state index contributed by atoms with van der Waals surface area (Å²) in [7, 11) is 0. The van der Waals surface area contributed by atoms with Crippen molar-refractivity contribution in [1.82, 2.24) is 0 Å². The normalized spacial score (nSPS) is 16.9. The topological polar surface area (TPSA) is 9.23 Å². The van der Waals surface area contributed by atoms with Crippen molar-refractivity contribution in [2.45, 2.75) is 25.9 Å². The lowest BCUT2D eigenvalue weighted by Gasteiger charge is -2.09. The third-order valence-corrected chi connectivity index (χ3v) is 1.72. The highest BCUT2D eigenvalue weighted by Crippen LogP contribution is 2.29. The number of rotatable bonds is 2. The van der Waals surface area contributed by atoms with E-state index in [1.54, 1.807) is 6.08 Å². The summed E-state index contributed by atoms with van der Waals surface area (Å²) in [5.74, 6) is -0.953. The van der Waals surface area contributed by atoms with Gasteiger partial charge in [-0.15, -0.1) is 0 Å². The fourth-order valence-electron chi connectivity index (χ4n) is 1.12. The van der Waals surface area contributed by atoms with Crippen LogP contribution in [0.4, 0.5) is 13.2 Å². The van der Waals surface area contributed by atoms with Gasteiger partial charge in [-0.25, -0.2) is 0 Å². The maximum atomic E-state index is 12.3. The summed E-state index contributed by atoms with van der Waals surface area (Å²) in [5.41, 5.74) is 0.633. The van der Waals surface area contributed by atoms with E-state index in [2.05, 4.69) is 4.74 Å². The van der Waals surface area contributed by atoms with Gasteiger partial charge >= 0.3 is 6.18 Å². The maximum absolute atomic E-state index is 12.3. The van der Waals surface area contributed by atoms with Crippen LogP contribution >= 0.6 is 0 Å². The molecule has 0 radical (unpaired) electrons. The molecule has 0 bridgehead atoms. The van der Waals surface area contributed by atoms with E-state index < -0.39 is 11.9 Å². The molecule has 1 rings (SSSR count). The zero-order valence-electron chi connectivity index (χ0n) is 7.77. The number of allylic oxidation sites excluding steroid dienone is 5. The minimum atomic E-state index is -4.42. The van der Waals surface area contributed by atoms with Crippen LogP contribution in [-0.4, -0.2) is 6.18 Å². The first-order valence-electron chi connectivity index (χ1n) is 4.35. The third-order valence-electron chi connectivity index (χ3n) is 1.72.